The topological polar surface area (TPSA) is 23.6 Å². The standard InChI is InChI=1S/C17H23FN2O/c1-19-9-3-7-15(19)16-8-4-10-20(16)17(21)12-13-5-2-6-14(18)11-13/h2,5-6,11,15-16H,3-4,7-10,12H2,1H3. The van der Waals surface area contributed by atoms with Crippen molar-refractivity contribution in [2.45, 2.75) is 44.2 Å². The van der Waals surface area contributed by atoms with Crippen LogP contribution in [0.3, 0.4) is 0 Å². The van der Waals surface area contributed by atoms with Crippen LogP contribution >= 0.6 is 0 Å². The molecule has 3 rings (SSSR count). The Labute approximate surface area is 125 Å². The second-order valence-corrected chi connectivity index (χ2v) is 6.29. The van der Waals surface area contributed by atoms with Crippen LogP contribution in [0, 0.1) is 5.82 Å². The molecule has 0 N–H and O–H groups in total. The Morgan fingerprint density at radius 3 is 2.71 bits per heavy atom. The molecule has 3 nitrogen and oxygen atoms in total. The molecule has 0 radical (unpaired) electrons. The summed E-state index contributed by atoms with van der Waals surface area (Å²) >= 11 is 0. The van der Waals surface area contributed by atoms with E-state index in [-0.39, 0.29) is 11.7 Å². The largest absolute Gasteiger partial charge is 0.338 e. The van der Waals surface area contributed by atoms with E-state index in [0.29, 0.717) is 18.5 Å². The predicted molar refractivity (Wildman–Crippen MR) is 80.5 cm³/mol. The zero-order valence-corrected chi connectivity index (χ0v) is 12.6. The molecule has 4 heteroatoms. The maximum Gasteiger partial charge on any atom is 0.227 e. The Kier molecular flexibility index (Phi) is 4.24. The van der Waals surface area contributed by atoms with Gasteiger partial charge in [0.15, 0.2) is 0 Å². The Bertz CT molecular complexity index is 519. The third kappa shape index (κ3) is 3.10. The Hall–Kier alpha value is -1.42. The Morgan fingerprint density at radius 1 is 1.24 bits per heavy atom. The summed E-state index contributed by atoms with van der Waals surface area (Å²) in [5.41, 5.74) is 0.769. The highest BCUT2D eigenvalue weighted by molar-refractivity contribution is 5.79. The van der Waals surface area contributed by atoms with E-state index in [0.717, 1.165) is 31.5 Å². The number of benzene rings is 1. The summed E-state index contributed by atoms with van der Waals surface area (Å²) < 4.78 is 13.2. The normalized spacial score (nSPS) is 26.5. The van der Waals surface area contributed by atoms with Crippen molar-refractivity contribution in [1.82, 2.24) is 9.80 Å². The number of hydrogen-bond donors (Lipinski definition) is 0. The van der Waals surface area contributed by atoms with Crippen molar-refractivity contribution in [3.05, 3.63) is 35.6 Å². The van der Waals surface area contributed by atoms with Gasteiger partial charge in [0, 0.05) is 18.6 Å². The minimum Gasteiger partial charge on any atom is -0.338 e. The van der Waals surface area contributed by atoms with Gasteiger partial charge in [-0.3, -0.25) is 4.79 Å². The molecule has 114 valence electrons. The van der Waals surface area contributed by atoms with Crippen LogP contribution in [0.15, 0.2) is 24.3 Å². The molecular weight excluding hydrogens is 267 g/mol. The molecule has 0 bridgehead atoms. The molecule has 0 aromatic heterocycles. The van der Waals surface area contributed by atoms with Crippen LogP contribution in [-0.2, 0) is 11.2 Å². The van der Waals surface area contributed by atoms with Crippen molar-refractivity contribution in [3.8, 4) is 0 Å². The van der Waals surface area contributed by atoms with Gasteiger partial charge in [-0.2, -0.15) is 0 Å². The van der Waals surface area contributed by atoms with E-state index in [1.807, 2.05) is 11.0 Å². The molecule has 1 aromatic rings. The first-order valence-electron chi connectivity index (χ1n) is 7.89. The second-order valence-electron chi connectivity index (χ2n) is 6.29. The highest BCUT2D eigenvalue weighted by Crippen LogP contribution is 2.29. The van der Waals surface area contributed by atoms with Gasteiger partial charge in [0.2, 0.25) is 5.91 Å². The average molecular weight is 290 g/mol. The van der Waals surface area contributed by atoms with E-state index < -0.39 is 0 Å². The van der Waals surface area contributed by atoms with Gasteiger partial charge in [-0.25, -0.2) is 4.39 Å². The highest BCUT2D eigenvalue weighted by Gasteiger charge is 2.38. The van der Waals surface area contributed by atoms with E-state index in [1.165, 1.54) is 25.0 Å². The van der Waals surface area contributed by atoms with Gasteiger partial charge in [0.05, 0.1) is 6.42 Å². The zero-order chi connectivity index (χ0) is 14.8. The first-order valence-corrected chi connectivity index (χ1v) is 7.89. The smallest absolute Gasteiger partial charge is 0.227 e. The molecule has 2 aliphatic rings. The maximum atomic E-state index is 13.2. The lowest BCUT2D eigenvalue weighted by atomic mass is 10.0. The summed E-state index contributed by atoms with van der Waals surface area (Å²) in [6.45, 7) is 1.98. The number of carbonyl (C=O) groups excluding carboxylic acids is 1. The first-order chi connectivity index (χ1) is 10.1. The van der Waals surface area contributed by atoms with Crippen LogP contribution in [0.2, 0.25) is 0 Å². The van der Waals surface area contributed by atoms with Crippen LogP contribution in [-0.4, -0.2) is 47.9 Å². The summed E-state index contributed by atoms with van der Waals surface area (Å²) in [4.78, 5) is 17.0. The average Bonchev–Trinajstić information content (AvgIpc) is 3.06. The van der Waals surface area contributed by atoms with E-state index >= 15 is 0 Å². The maximum absolute atomic E-state index is 13.2. The highest BCUT2D eigenvalue weighted by atomic mass is 19.1. The number of likely N-dealkylation sites (N-methyl/N-ethyl adjacent to an activating group) is 1. The number of halogens is 1. The fraction of sp³-hybridized carbons (Fsp3) is 0.588. The summed E-state index contributed by atoms with van der Waals surface area (Å²) in [6, 6.07) is 7.23. The lowest BCUT2D eigenvalue weighted by Crippen LogP contribution is -2.47. The van der Waals surface area contributed by atoms with Crippen molar-refractivity contribution < 1.29 is 9.18 Å². The molecule has 1 amide bonds. The molecule has 21 heavy (non-hydrogen) atoms. The van der Waals surface area contributed by atoms with Gasteiger partial charge in [-0.05, 0) is 57.0 Å². The Morgan fingerprint density at radius 2 is 2.00 bits per heavy atom. The molecule has 2 unspecified atom stereocenters. The third-order valence-electron chi connectivity index (χ3n) is 4.88. The number of nitrogens with zero attached hydrogens (tertiary/aromatic N) is 2. The molecule has 2 atom stereocenters. The fourth-order valence-corrected chi connectivity index (χ4v) is 3.85. The first kappa shape index (κ1) is 14.5. The molecule has 0 aliphatic carbocycles. The van der Waals surface area contributed by atoms with E-state index in [1.54, 1.807) is 6.07 Å². The zero-order valence-electron chi connectivity index (χ0n) is 12.6. The van der Waals surface area contributed by atoms with Crippen molar-refractivity contribution in [3.63, 3.8) is 0 Å². The SMILES string of the molecule is CN1CCCC1C1CCCN1C(=O)Cc1cccc(F)c1. The monoisotopic (exact) mass is 290 g/mol. The van der Waals surface area contributed by atoms with Gasteiger partial charge >= 0.3 is 0 Å². The third-order valence-corrected chi connectivity index (χ3v) is 4.88. The molecular formula is C17H23FN2O. The summed E-state index contributed by atoms with van der Waals surface area (Å²) in [5, 5.41) is 0. The molecule has 2 fully saturated rings. The second kappa shape index (κ2) is 6.14. The number of likely N-dealkylation sites (tertiary alicyclic amines) is 2. The van der Waals surface area contributed by atoms with Crippen molar-refractivity contribution in [2.75, 3.05) is 20.1 Å². The van der Waals surface area contributed by atoms with Crippen LogP contribution < -0.4 is 0 Å². The number of carbonyl (C=O) groups is 1. The van der Waals surface area contributed by atoms with Gasteiger partial charge in [0.1, 0.15) is 5.82 Å². The van der Waals surface area contributed by atoms with Crippen molar-refractivity contribution >= 4 is 5.91 Å². The molecule has 0 saturated carbocycles. The Balaban J connectivity index is 1.68. The minimum atomic E-state index is -0.270. The quantitative estimate of drug-likeness (QED) is 0.854. The van der Waals surface area contributed by atoms with Gasteiger partial charge < -0.3 is 9.80 Å². The van der Waals surface area contributed by atoms with Crippen LogP contribution in [0.5, 0.6) is 0 Å². The van der Waals surface area contributed by atoms with Gasteiger partial charge in [-0.15, -0.1) is 0 Å². The van der Waals surface area contributed by atoms with Crippen molar-refractivity contribution in [1.29, 1.82) is 0 Å². The molecule has 2 heterocycles. The molecule has 1 aromatic carbocycles. The summed E-state index contributed by atoms with van der Waals surface area (Å²) in [7, 11) is 2.16. The predicted octanol–water partition coefficient (Wildman–Crippen LogP) is 2.45. The van der Waals surface area contributed by atoms with E-state index in [2.05, 4.69) is 11.9 Å². The van der Waals surface area contributed by atoms with Crippen molar-refractivity contribution in [2.24, 2.45) is 0 Å². The van der Waals surface area contributed by atoms with Crippen LogP contribution in [0.25, 0.3) is 0 Å². The molecule has 0 spiro atoms. The van der Waals surface area contributed by atoms with E-state index in [4.69, 9.17) is 0 Å². The summed E-state index contributed by atoms with van der Waals surface area (Å²) in [6.07, 6.45) is 4.91. The molecule has 2 saturated heterocycles. The number of rotatable bonds is 3. The molecule has 2 aliphatic heterocycles. The van der Waals surface area contributed by atoms with Crippen LogP contribution in [0.1, 0.15) is 31.2 Å². The van der Waals surface area contributed by atoms with Gasteiger partial charge in [-0.1, -0.05) is 12.1 Å². The van der Waals surface area contributed by atoms with Crippen LogP contribution in [0.4, 0.5) is 4.39 Å². The van der Waals surface area contributed by atoms with Gasteiger partial charge in [0.25, 0.3) is 0 Å². The number of hydrogen-bond acceptors (Lipinski definition) is 2. The lowest BCUT2D eigenvalue weighted by Gasteiger charge is -2.33. The summed E-state index contributed by atoms with van der Waals surface area (Å²) in [5.74, 6) is -0.128. The minimum absolute atomic E-state index is 0.142. The number of amides is 1. The lowest BCUT2D eigenvalue weighted by molar-refractivity contribution is -0.132. The van der Waals surface area contributed by atoms with E-state index in [9.17, 15) is 9.18 Å². The fourth-order valence-electron chi connectivity index (χ4n) is 3.85.